The number of amides is 1. The lowest BCUT2D eigenvalue weighted by molar-refractivity contribution is -0.118. The number of hydrogen-bond donors (Lipinski definition) is 1. The minimum atomic E-state index is -0.567. The molecule has 2 aromatic carbocycles. The molecule has 31 heavy (non-hydrogen) atoms. The van der Waals surface area contributed by atoms with E-state index < -0.39 is 5.41 Å². The summed E-state index contributed by atoms with van der Waals surface area (Å²) in [7, 11) is 0. The van der Waals surface area contributed by atoms with Gasteiger partial charge in [-0.1, -0.05) is 30.3 Å². The van der Waals surface area contributed by atoms with Crippen LogP contribution in [-0.2, 0) is 10.2 Å². The molecule has 1 aliphatic heterocycles. The van der Waals surface area contributed by atoms with E-state index in [4.69, 9.17) is 9.47 Å². The summed E-state index contributed by atoms with van der Waals surface area (Å²) in [5, 5.41) is 3.00. The Morgan fingerprint density at radius 3 is 2.58 bits per heavy atom. The quantitative estimate of drug-likeness (QED) is 0.615. The van der Waals surface area contributed by atoms with Crippen LogP contribution >= 0.6 is 0 Å². The molecule has 6 heteroatoms. The van der Waals surface area contributed by atoms with Crippen LogP contribution in [0.3, 0.4) is 0 Å². The van der Waals surface area contributed by atoms with E-state index in [1.807, 2.05) is 49.4 Å². The fourth-order valence-corrected chi connectivity index (χ4v) is 3.98. The van der Waals surface area contributed by atoms with Gasteiger partial charge in [0.1, 0.15) is 5.82 Å². The first-order valence-corrected chi connectivity index (χ1v) is 10.3. The third kappa shape index (κ3) is 3.44. The molecule has 1 aliphatic carbocycles. The predicted octanol–water partition coefficient (Wildman–Crippen LogP) is 4.66. The SMILES string of the molecule is CC(=O)c1cccc(-c2nc(NC(=O)C3(c4ccc5c(c4)OCO5)CC3)ccc2C)c1. The monoisotopic (exact) mass is 414 g/mol. The molecule has 1 fully saturated rings. The van der Waals surface area contributed by atoms with Crippen LogP contribution in [0, 0.1) is 6.92 Å². The van der Waals surface area contributed by atoms with Gasteiger partial charge in [0.25, 0.3) is 0 Å². The Bertz CT molecular complexity index is 1210. The summed E-state index contributed by atoms with van der Waals surface area (Å²) in [5.41, 5.74) is 3.55. The van der Waals surface area contributed by atoms with Gasteiger partial charge in [-0.2, -0.15) is 0 Å². The number of ketones is 1. The van der Waals surface area contributed by atoms with Gasteiger partial charge in [0.2, 0.25) is 12.7 Å². The molecule has 1 aromatic heterocycles. The highest BCUT2D eigenvalue weighted by Crippen LogP contribution is 2.51. The van der Waals surface area contributed by atoms with Crippen molar-refractivity contribution >= 4 is 17.5 Å². The predicted molar refractivity (Wildman–Crippen MR) is 117 cm³/mol. The number of nitrogens with one attached hydrogen (secondary N) is 1. The summed E-state index contributed by atoms with van der Waals surface area (Å²) in [4.78, 5) is 29.6. The second-order valence-electron chi connectivity index (χ2n) is 8.10. The first kappa shape index (κ1) is 19.3. The molecule has 1 N–H and O–H groups in total. The molecule has 1 amide bonds. The van der Waals surface area contributed by atoms with Crippen LogP contribution in [0.5, 0.6) is 11.5 Å². The number of carbonyl (C=O) groups is 2. The Labute approximate surface area is 180 Å². The molecule has 0 spiro atoms. The summed E-state index contributed by atoms with van der Waals surface area (Å²) in [6, 6.07) is 16.8. The van der Waals surface area contributed by atoms with Crippen molar-refractivity contribution in [1.29, 1.82) is 0 Å². The van der Waals surface area contributed by atoms with E-state index in [-0.39, 0.29) is 18.5 Å². The van der Waals surface area contributed by atoms with Gasteiger partial charge in [-0.3, -0.25) is 9.59 Å². The number of ether oxygens (including phenoxy) is 2. The molecular weight excluding hydrogens is 392 g/mol. The van der Waals surface area contributed by atoms with Crippen molar-refractivity contribution in [2.45, 2.75) is 32.1 Å². The molecular formula is C25H22N2O4. The van der Waals surface area contributed by atoms with Crippen LogP contribution in [0.15, 0.2) is 54.6 Å². The van der Waals surface area contributed by atoms with Gasteiger partial charge in [-0.25, -0.2) is 4.98 Å². The molecule has 156 valence electrons. The van der Waals surface area contributed by atoms with Crippen LogP contribution in [0.25, 0.3) is 11.3 Å². The van der Waals surface area contributed by atoms with Crippen molar-refractivity contribution < 1.29 is 19.1 Å². The number of nitrogens with zero attached hydrogens (tertiary/aromatic N) is 1. The lowest BCUT2D eigenvalue weighted by Gasteiger charge is -2.17. The van der Waals surface area contributed by atoms with E-state index in [1.165, 1.54) is 0 Å². The van der Waals surface area contributed by atoms with Crippen LogP contribution in [-0.4, -0.2) is 23.5 Å². The van der Waals surface area contributed by atoms with Gasteiger partial charge in [0, 0.05) is 11.1 Å². The number of benzene rings is 2. The van der Waals surface area contributed by atoms with Crippen LogP contribution in [0.4, 0.5) is 5.82 Å². The van der Waals surface area contributed by atoms with Crippen LogP contribution in [0.2, 0.25) is 0 Å². The summed E-state index contributed by atoms with van der Waals surface area (Å²) in [6.45, 7) is 3.71. The number of rotatable bonds is 5. The number of Topliss-reactive ketones (excluding diaryl/α,β-unsaturated/α-hetero) is 1. The highest BCUT2D eigenvalue weighted by Gasteiger charge is 2.51. The Morgan fingerprint density at radius 1 is 1.00 bits per heavy atom. The summed E-state index contributed by atoms with van der Waals surface area (Å²) < 4.78 is 10.9. The van der Waals surface area contributed by atoms with E-state index in [9.17, 15) is 9.59 Å². The maximum Gasteiger partial charge on any atom is 0.236 e. The van der Waals surface area contributed by atoms with Gasteiger partial charge in [0.15, 0.2) is 17.3 Å². The fraction of sp³-hybridized carbons (Fsp3) is 0.240. The molecule has 1 saturated carbocycles. The summed E-state index contributed by atoms with van der Waals surface area (Å²) >= 11 is 0. The first-order valence-electron chi connectivity index (χ1n) is 10.3. The van der Waals surface area contributed by atoms with Crippen molar-refractivity contribution in [3.8, 4) is 22.8 Å². The van der Waals surface area contributed by atoms with Gasteiger partial charge in [-0.15, -0.1) is 0 Å². The Kier molecular flexibility index (Phi) is 4.50. The number of anilines is 1. The van der Waals surface area contributed by atoms with Gasteiger partial charge < -0.3 is 14.8 Å². The van der Waals surface area contributed by atoms with Crippen molar-refractivity contribution in [1.82, 2.24) is 4.98 Å². The van der Waals surface area contributed by atoms with Gasteiger partial charge >= 0.3 is 0 Å². The summed E-state index contributed by atoms with van der Waals surface area (Å²) in [5.74, 6) is 1.80. The van der Waals surface area contributed by atoms with E-state index in [0.29, 0.717) is 22.9 Å². The standard InChI is InChI=1S/C25H22N2O4/c1-15-6-9-22(26-23(15)18-5-3-4-17(12-18)16(2)28)27-24(29)25(10-11-25)19-7-8-20-21(13-19)31-14-30-20/h3-9,12-13H,10-11,14H2,1-2H3,(H,26,27,29). The molecule has 0 bridgehead atoms. The molecule has 0 unspecified atom stereocenters. The smallest absolute Gasteiger partial charge is 0.236 e. The van der Waals surface area contributed by atoms with Crippen molar-refractivity contribution in [3.63, 3.8) is 0 Å². The number of pyridine rings is 1. The normalized spacial score (nSPS) is 15.4. The molecule has 0 atom stereocenters. The van der Waals surface area contributed by atoms with E-state index >= 15 is 0 Å². The average Bonchev–Trinajstić information content (AvgIpc) is 3.46. The third-order valence-electron chi connectivity index (χ3n) is 5.99. The lowest BCUT2D eigenvalue weighted by atomic mass is 9.94. The van der Waals surface area contributed by atoms with E-state index in [2.05, 4.69) is 10.3 Å². The highest BCUT2D eigenvalue weighted by atomic mass is 16.7. The Hall–Kier alpha value is -3.67. The van der Waals surface area contributed by atoms with Crippen molar-refractivity contribution in [2.75, 3.05) is 12.1 Å². The zero-order chi connectivity index (χ0) is 21.6. The van der Waals surface area contributed by atoms with Gasteiger partial charge in [-0.05, 0) is 62.1 Å². The maximum atomic E-state index is 13.2. The molecule has 5 rings (SSSR count). The molecule has 0 saturated heterocycles. The number of carbonyl (C=O) groups excluding carboxylic acids is 2. The number of fused-ring (bicyclic) bond motifs is 1. The zero-order valence-corrected chi connectivity index (χ0v) is 17.4. The van der Waals surface area contributed by atoms with Crippen LogP contribution < -0.4 is 14.8 Å². The Balaban J connectivity index is 1.42. The van der Waals surface area contributed by atoms with Crippen molar-refractivity contribution in [2.24, 2.45) is 0 Å². The minimum Gasteiger partial charge on any atom is -0.454 e. The van der Waals surface area contributed by atoms with Gasteiger partial charge in [0.05, 0.1) is 11.1 Å². The highest BCUT2D eigenvalue weighted by molar-refractivity contribution is 6.01. The second kappa shape index (κ2) is 7.23. The molecule has 2 aliphatic rings. The molecule has 0 radical (unpaired) electrons. The average molecular weight is 414 g/mol. The summed E-state index contributed by atoms with van der Waals surface area (Å²) in [6.07, 6.45) is 1.55. The van der Waals surface area contributed by atoms with Crippen LogP contribution in [0.1, 0.15) is 41.3 Å². The number of hydrogen-bond acceptors (Lipinski definition) is 5. The third-order valence-corrected chi connectivity index (χ3v) is 5.99. The second-order valence-corrected chi connectivity index (χ2v) is 8.10. The first-order chi connectivity index (χ1) is 15.0. The molecule has 3 aromatic rings. The maximum absolute atomic E-state index is 13.2. The lowest BCUT2D eigenvalue weighted by Crippen LogP contribution is -2.28. The minimum absolute atomic E-state index is 0.00311. The largest absolute Gasteiger partial charge is 0.454 e. The van der Waals surface area contributed by atoms with E-state index in [1.54, 1.807) is 19.1 Å². The zero-order valence-electron chi connectivity index (χ0n) is 17.4. The van der Waals surface area contributed by atoms with Crippen molar-refractivity contribution in [3.05, 3.63) is 71.3 Å². The van der Waals surface area contributed by atoms with E-state index in [0.717, 1.165) is 35.2 Å². The number of aromatic nitrogens is 1. The topological polar surface area (TPSA) is 77.5 Å². The molecule has 2 heterocycles. The Morgan fingerprint density at radius 2 is 1.81 bits per heavy atom. The fourth-order valence-electron chi connectivity index (χ4n) is 3.98. The molecule has 6 nitrogen and oxygen atoms in total. The number of aryl methyl sites for hydroxylation is 1.